The molecular weight excluding hydrogens is 264 g/mol. The van der Waals surface area contributed by atoms with Gasteiger partial charge in [0, 0.05) is 11.4 Å². The zero-order valence-corrected chi connectivity index (χ0v) is 12.5. The van der Waals surface area contributed by atoms with E-state index in [-0.39, 0.29) is 5.91 Å². The molecule has 0 saturated heterocycles. The molecule has 1 amide bonds. The van der Waals surface area contributed by atoms with E-state index in [1.54, 1.807) is 31.2 Å². The topological polar surface area (TPSA) is 64.3 Å². The molecule has 0 fully saturated rings. The van der Waals surface area contributed by atoms with Gasteiger partial charge in [-0.25, -0.2) is 0 Å². The highest BCUT2D eigenvalue weighted by Crippen LogP contribution is 2.21. The molecule has 2 aromatic carbocycles. The Balaban J connectivity index is 2.04. The average molecular weight is 284 g/mol. The second-order valence-electron chi connectivity index (χ2n) is 5.14. The summed E-state index contributed by atoms with van der Waals surface area (Å²) in [4.78, 5) is 12.1. The smallest absolute Gasteiger partial charge is 0.265 e. The number of amides is 1. The summed E-state index contributed by atoms with van der Waals surface area (Å²) < 4.78 is 5.75. The molecule has 0 spiro atoms. The molecule has 4 nitrogen and oxygen atoms in total. The lowest BCUT2D eigenvalue weighted by atomic mass is 10.1. The Hall–Kier alpha value is -2.49. The first-order valence-electron chi connectivity index (χ1n) is 6.86. The van der Waals surface area contributed by atoms with Gasteiger partial charge < -0.3 is 15.8 Å². The third-order valence-electron chi connectivity index (χ3n) is 3.17. The van der Waals surface area contributed by atoms with Gasteiger partial charge in [-0.05, 0) is 56.2 Å². The molecule has 2 rings (SSSR count). The predicted molar refractivity (Wildman–Crippen MR) is 85.5 cm³/mol. The van der Waals surface area contributed by atoms with Gasteiger partial charge in [0.1, 0.15) is 5.75 Å². The summed E-state index contributed by atoms with van der Waals surface area (Å²) in [6.07, 6.45) is -0.591. The van der Waals surface area contributed by atoms with Crippen molar-refractivity contribution in [3.63, 3.8) is 0 Å². The van der Waals surface area contributed by atoms with Gasteiger partial charge in [-0.3, -0.25) is 4.79 Å². The fourth-order valence-electron chi connectivity index (χ4n) is 1.94. The van der Waals surface area contributed by atoms with Gasteiger partial charge in [0.15, 0.2) is 6.10 Å². The Bertz CT molecular complexity index is 653. The van der Waals surface area contributed by atoms with E-state index in [0.717, 1.165) is 16.9 Å². The fourth-order valence-corrected chi connectivity index (χ4v) is 1.94. The quantitative estimate of drug-likeness (QED) is 0.847. The van der Waals surface area contributed by atoms with Crippen LogP contribution in [-0.2, 0) is 4.79 Å². The van der Waals surface area contributed by atoms with Crippen molar-refractivity contribution >= 4 is 17.3 Å². The van der Waals surface area contributed by atoms with E-state index >= 15 is 0 Å². The third kappa shape index (κ3) is 3.99. The van der Waals surface area contributed by atoms with Gasteiger partial charge in [0.25, 0.3) is 5.91 Å². The second-order valence-corrected chi connectivity index (χ2v) is 5.14. The summed E-state index contributed by atoms with van der Waals surface area (Å²) in [7, 11) is 0. The van der Waals surface area contributed by atoms with Crippen LogP contribution in [0.5, 0.6) is 5.75 Å². The van der Waals surface area contributed by atoms with E-state index in [0.29, 0.717) is 11.4 Å². The van der Waals surface area contributed by atoms with Crippen LogP contribution in [0.15, 0.2) is 42.5 Å². The molecule has 21 heavy (non-hydrogen) atoms. The van der Waals surface area contributed by atoms with Crippen LogP contribution >= 0.6 is 0 Å². The predicted octanol–water partition coefficient (Wildman–Crippen LogP) is 3.29. The van der Waals surface area contributed by atoms with Crippen LogP contribution < -0.4 is 15.8 Å². The van der Waals surface area contributed by atoms with Crippen molar-refractivity contribution in [2.75, 3.05) is 11.1 Å². The minimum absolute atomic E-state index is 0.207. The molecule has 0 saturated carbocycles. The zero-order valence-electron chi connectivity index (χ0n) is 12.5. The van der Waals surface area contributed by atoms with Gasteiger partial charge in [-0.2, -0.15) is 0 Å². The van der Waals surface area contributed by atoms with Crippen LogP contribution in [0.4, 0.5) is 11.4 Å². The molecule has 0 aliphatic rings. The molecular formula is C17H20N2O2. The lowest BCUT2D eigenvalue weighted by Gasteiger charge is -2.17. The van der Waals surface area contributed by atoms with E-state index in [4.69, 9.17) is 10.5 Å². The first-order valence-corrected chi connectivity index (χ1v) is 6.86. The molecule has 0 aromatic heterocycles. The number of ether oxygens (including phenoxy) is 1. The molecule has 110 valence electrons. The van der Waals surface area contributed by atoms with Crippen molar-refractivity contribution in [1.29, 1.82) is 0 Å². The van der Waals surface area contributed by atoms with Crippen LogP contribution in [0.25, 0.3) is 0 Å². The maximum atomic E-state index is 12.1. The van der Waals surface area contributed by atoms with Crippen molar-refractivity contribution in [1.82, 2.24) is 0 Å². The maximum absolute atomic E-state index is 12.1. The molecule has 2 aromatic rings. The number of nitrogens with one attached hydrogen (secondary N) is 1. The Morgan fingerprint density at radius 2 is 1.95 bits per heavy atom. The van der Waals surface area contributed by atoms with E-state index in [1.807, 2.05) is 32.0 Å². The molecule has 0 bridgehead atoms. The average Bonchev–Trinajstić information content (AvgIpc) is 2.43. The standard InChI is InChI=1S/C17H20N2O2/c1-11-7-8-12(2)16(9-11)21-13(3)17(20)19-15-6-4-5-14(18)10-15/h4-10,13H,18H2,1-3H3,(H,19,20). The summed E-state index contributed by atoms with van der Waals surface area (Å²) >= 11 is 0. The van der Waals surface area contributed by atoms with Gasteiger partial charge in [-0.15, -0.1) is 0 Å². The number of benzene rings is 2. The van der Waals surface area contributed by atoms with E-state index in [2.05, 4.69) is 5.32 Å². The zero-order chi connectivity index (χ0) is 15.4. The number of aryl methyl sites for hydroxylation is 2. The Kier molecular flexibility index (Phi) is 4.48. The van der Waals surface area contributed by atoms with Gasteiger partial charge in [0.2, 0.25) is 0 Å². The summed E-state index contributed by atoms with van der Waals surface area (Å²) in [5.41, 5.74) is 9.06. The van der Waals surface area contributed by atoms with Crippen molar-refractivity contribution < 1.29 is 9.53 Å². The Labute approximate surface area is 124 Å². The molecule has 4 heteroatoms. The minimum atomic E-state index is -0.591. The minimum Gasteiger partial charge on any atom is -0.481 e. The third-order valence-corrected chi connectivity index (χ3v) is 3.17. The lowest BCUT2D eigenvalue weighted by molar-refractivity contribution is -0.122. The number of carbonyl (C=O) groups excluding carboxylic acids is 1. The van der Waals surface area contributed by atoms with Crippen LogP contribution in [-0.4, -0.2) is 12.0 Å². The van der Waals surface area contributed by atoms with Crippen molar-refractivity contribution in [2.24, 2.45) is 0 Å². The fraction of sp³-hybridized carbons (Fsp3) is 0.235. The van der Waals surface area contributed by atoms with Gasteiger partial charge >= 0.3 is 0 Å². The SMILES string of the molecule is Cc1ccc(C)c(OC(C)C(=O)Nc2cccc(N)c2)c1. The maximum Gasteiger partial charge on any atom is 0.265 e. The van der Waals surface area contributed by atoms with E-state index in [1.165, 1.54) is 0 Å². The largest absolute Gasteiger partial charge is 0.481 e. The monoisotopic (exact) mass is 284 g/mol. The number of rotatable bonds is 4. The Morgan fingerprint density at radius 1 is 1.19 bits per heavy atom. The van der Waals surface area contributed by atoms with Crippen molar-refractivity contribution in [2.45, 2.75) is 26.9 Å². The summed E-state index contributed by atoms with van der Waals surface area (Å²) in [6, 6.07) is 13.0. The van der Waals surface area contributed by atoms with Gasteiger partial charge in [-0.1, -0.05) is 18.2 Å². The van der Waals surface area contributed by atoms with Crippen LogP contribution in [0.2, 0.25) is 0 Å². The summed E-state index contributed by atoms with van der Waals surface area (Å²) in [6.45, 7) is 5.67. The summed E-state index contributed by atoms with van der Waals surface area (Å²) in [5, 5.41) is 2.79. The van der Waals surface area contributed by atoms with E-state index in [9.17, 15) is 4.79 Å². The van der Waals surface area contributed by atoms with Crippen molar-refractivity contribution in [3.05, 3.63) is 53.6 Å². The molecule has 1 atom stereocenters. The van der Waals surface area contributed by atoms with Crippen molar-refractivity contribution in [3.8, 4) is 5.75 Å². The number of hydrogen-bond donors (Lipinski definition) is 2. The first kappa shape index (κ1) is 14.9. The highest BCUT2D eigenvalue weighted by atomic mass is 16.5. The number of hydrogen-bond acceptors (Lipinski definition) is 3. The second kappa shape index (κ2) is 6.31. The van der Waals surface area contributed by atoms with Gasteiger partial charge in [0.05, 0.1) is 0 Å². The lowest BCUT2D eigenvalue weighted by Crippen LogP contribution is -2.30. The first-order chi connectivity index (χ1) is 9.95. The molecule has 3 N–H and O–H groups in total. The Morgan fingerprint density at radius 3 is 2.67 bits per heavy atom. The van der Waals surface area contributed by atoms with E-state index < -0.39 is 6.10 Å². The van der Waals surface area contributed by atoms with Crippen LogP contribution in [0.1, 0.15) is 18.1 Å². The van der Waals surface area contributed by atoms with Crippen LogP contribution in [0.3, 0.4) is 0 Å². The number of carbonyl (C=O) groups is 1. The number of anilines is 2. The highest BCUT2D eigenvalue weighted by molar-refractivity contribution is 5.94. The molecule has 0 heterocycles. The normalized spacial score (nSPS) is 11.8. The number of nitrogens with two attached hydrogens (primary N) is 1. The molecule has 1 unspecified atom stereocenters. The van der Waals surface area contributed by atoms with Crippen LogP contribution in [0, 0.1) is 13.8 Å². The molecule has 0 radical (unpaired) electrons. The molecule has 0 aliphatic carbocycles. The highest BCUT2D eigenvalue weighted by Gasteiger charge is 2.16. The summed E-state index contributed by atoms with van der Waals surface area (Å²) in [5.74, 6) is 0.520. The number of nitrogen functional groups attached to an aromatic ring is 1. The molecule has 0 aliphatic heterocycles.